The predicted octanol–water partition coefficient (Wildman–Crippen LogP) is 2.51. The molecule has 7 heteroatoms. The molecule has 132 valence electrons. The standard InChI is InChI=1S/C17H28N6S/c1-12(2)13(3)20-17(18-9-8-15-7-6-10-24-15)19-11-16-22-21-14(4)23(16)5/h6-7,10,12-13H,8-9,11H2,1-5H3,(H2,18,19,20). The second kappa shape index (κ2) is 8.82. The average molecular weight is 349 g/mol. The third-order valence-electron chi connectivity index (χ3n) is 4.17. The molecule has 2 aromatic rings. The molecule has 0 aliphatic heterocycles. The van der Waals surface area contributed by atoms with Gasteiger partial charge in [0, 0.05) is 24.5 Å². The molecule has 0 bridgehead atoms. The number of thiophene rings is 1. The summed E-state index contributed by atoms with van der Waals surface area (Å²) in [7, 11) is 1.97. The summed E-state index contributed by atoms with van der Waals surface area (Å²) in [6, 6.07) is 4.60. The van der Waals surface area contributed by atoms with Gasteiger partial charge in [-0.3, -0.25) is 0 Å². The van der Waals surface area contributed by atoms with Crippen LogP contribution in [0.5, 0.6) is 0 Å². The van der Waals surface area contributed by atoms with Crippen LogP contribution < -0.4 is 10.6 Å². The van der Waals surface area contributed by atoms with Gasteiger partial charge in [0.2, 0.25) is 0 Å². The molecule has 0 amide bonds. The van der Waals surface area contributed by atoms with E-state index in [-0.39, 0.29) is 0 Å². The normalized spacial score (nSPS) is 13.3. The van der Waals surface area contributed by atoms with Gasteiger partial charge in [-0.05, 0) is 37.6 Å². The highest BCUT2D eigenvalue weighted by atomic mass is 32.1. The number of guanidine groups is 1. The number of nitrogens with zero attached hydrogens (tertiary/aromatic N) is 4. The first-order chi connectivity index (χ1) is 11.5. The maximum atomic E-state index is 4.68. The van der Waals surface area contributed by atoms with Gasteiger partial charge in [-0.15, -0.1) is 21.5 Å². The molecule has 0 aliphatic rings. The summed E-state index contributed by atoms with van der Waals surface area (Å²) in [5.41, 5.74) is 0. The highest BCUT2D eigenvalue weighted by Crippen LogP contribution is 2.08. The van der Waals surface area contributed by atoms with E-state index in [1.807, 2.05) is 18.5 Å². The second-order valence-corrected chi connectivity index (χ2v) is 7.35. The van der Waals surface area contributed by atoms with Gasteiger partial charge in [0.25, 0.3) is 0 Å². The second-order valence-electron chi connectivity index (χ2n) is 6.32. The summed E-state index contributed by atoms with van der Waals surface area (Å²) >= 11 is 1.79. The van der Waals surface area contributed by atoms with Crippen LogP contribution in [-0.4, -0.2) is 33.3 Å². The Balaban J connectivity index is 1.97. The van der Waals surface area contributed by atoms with Gasteiger partial charge < -0.3 is 15.2 Å². The van der Waals surface area contributed by atoms with Gasteiger partial charge >= 0.3 is 0 Å². The Labute approximate surface area is 148 Å². The van der Waals surface area contributed by atoms with Crippen molar-refractivity contribution in [2.24, 2.45) is 18.0 Å². The van der Waals surface area contributed by atoms with E-state index >= 15 is 0 Å². The van der Waals surface area contributed by atoms with E-state index in [0.29, 0.717) is 18.5 Å². The molecule has 2 heterocycles. The predicted molar refractivity (Wildman–Crippen MR) is 100 cm³/mol. The van der Waals surface area contributed by atoms with Gasteiger partial charge in [-0.2, -0.15) is 0 Å². The highest BCUT2D eigenvalue weighted by molar-refractivity contribution is 7.09. The summed E-state index contributed by atoms with van der Waals surface area (Å²) in [5.74, 6) is 3.12. The molecule has 6 nitrogen and oxygen atoms in total. The lowest BCUT2D eigenvalue weighted by Gasteiger charge is -2.21. The minimum atomic E-state index is 0.347. The van der Waals surface area contributed by atoms with E-state index in [1.54, 1.807) is 11.3 Å². The molecule has 2 aromatic heterocycles. The first-order valence-electron chi connectivity index (χ1n) is 8.39. The fourth-order valence-electron chi connectivity index (χ4n) is 2.03. The van der Waals surface area contributed by atoms with Crippen LogP contribution in [0.15, 0.2) is 22.5 Å². The minimum Gasteiger partial charge on any atom is -0.356 e. The Morgan fingerprint density at radius 2 is 2.12 bits per heavy atom. The summed E-state index contributed by atoms with van der Waals surface area (Å²) in [6.45, 7) is 9.89. The van der Waals surface area contributed by atoms with E-state index < -0.39 is 0 Å². The fourth-order valence-corrected chi connectivity index (χ4v) is 2.74. The van der Waals surface area contributed by atoms with Crippen molar-refractivity contribution >= 4 is 17.3 Å². The van der Waals surface area contributed by atoms with Crippen LogP contribution in [0.1, 0.15) is 37.3 Å². The lowest BCUT2D eigenvalue weighted by atomic mass is 10.1. The molecular formula is C17H28N6S. The molecule has 0 fully saturated rings. The molecule has 0 saturated heterocycles. The molecule has 0 aromatic carbocycles. The Bertz CT molecular complexity index is 644. The van der Waals surface area contributed by atoms with Gasteiger partial charge in [0.05, 0.1) is 0 Å². The van der Waals surface area contributed by atoms with Crippen LogP contribution >= 0.6 is 11.3 Å². The minimum absolute atomic E-state index is 0.347. The molecule has 1 atom stereocenters. The van der Waals surface area contributed by atoms with E-state index in [9.17, 15) is 0 Å². The highest BCUT2D eigenvalue weighted by Gasteiger charge is 2.10. The fraction of sp³-hybridized carbons (Fsp3) is 0.588. The number of hydrogen-bond acceptors (Lipinski definition) is 4. The van der Waals surface area contributed by atoms with Crippen LogP contribution in [0.3, 0.4) is 0 Å². The number of hydrogen-bond donors (Lipinski definition) is 2. The smallest absolute Gasteiger partial charge is 0.191 e. The molecule has 2 rings (SSSR count). The Hall–Kier alpha value is -1.89. The van der Waals surface area contributed by atoms with Crippen LogP contribution in [0.4, 0.5) is 0 Å². The van der Waals surface area contributed by atoms with Crippen LogP contribution in [0, 0.1) is 12.8 Å². The van der Waals surface area contributed by atoms with E-state index in [4.69, 9.17) is 0 Å². The van der Waals surface area contributed by atoms with Crippen molar-refractivity contribution in [2.75, 3.05) is 6.54 Å². The first kappa shape index (κ1) is 18.4. The molecule has 0 radical (unpaired) electrons. The average Bonchev–Trinajstić information content (AvgIpc) is 3.16. The van der Waals surface area contributed by atoms with Gasteiger partial charge in [-0.1, -0.05) is 19.9 Å². The molecule has 1 unspecified atom stereocenters. The molecule has 24 heavy (non-hydrogen) atoms. The van der Waals surface area contributed by atoms with Crippen LogP contribution in [0.25, 0.3) is 0 Å². The van der Waals surface area contributed by atoms with Crippen molar-refractivity contribution in [2.45, 2.75) is 46.7 Å². The zero-order valence-electron chi connectivity index (χ0n) is 15.2. The molecule has 0 saturated carbocycles. The molecule has 0 spiro atoms. The van der Waals surface area contributed by atoms with Crippen LogP contribution in [0.2, 0.25) is 0 Å². The summed E-state index contributed by atoms with van der Waals surface area (Å²) in [5, 5.41) is 17.3. The zero-order valence-corrected chi connectivity index (χ0v) is 16.0. The first-order valence-corrected chi connectivity index (χ1v) is 9.27. The SMILES string of the molecule is Cc1nnc(CN=C(NCCc2cccs2)NC(C)C(C)C)n1C. The maximum Gasteiger partial charge on any atom is 0.191 e. The molecular weight excluding hydrogens is 320 g/mol. The quantitative estimate of drug-likeness (QED) is 0.596. The zero-order chi connectivity index (χ0) is 17.5. The van der Waals surface area contributed by atoms with E-state index in [1.165, 1.54) is 4.88 Å². The van der Waals surface area contributed by atoms with Crippen molar-refractivity contribution in [1.82, 2.24) is 25.4 Å². The van der Waals surface area contributed by atoms with E-state index in [0.717, 1.165) is 30.6 Å². The molecule has 0 aliphatic carbocycles. The largest absolute Gasteiger partial charge is 0.356 e. The van der Waals surface area contributed by atoms with Crippen molar-refractivity contribution in [3.8, 4) is 0 Å². The lowest BCUT2D eigenvalue weighted by molar-refractivity contribution is 0.480. The molecule has 2 N–H and O–H groups in total. The number of rotatable bonds is 7. The summed E-state index contributed by atoms with van der Waals surface area (Å²) < 4.78 is 1.97. The van der Waals surface area contributed by atoms with Gasteiger partial charge in [0.1, 0.15) is 12.4 Å². The van der Waals surface area contributed by atoms with Gasteiger partial charge in [0.15, 0.2) is 11.8 Å². The maximum absolute atomic E-state index is 4.68. The Kier molecular flexibility index (Phi) is 6.78. The number of aromatic nitrogens is 3. The number of aliphatic imine (C=N–C) groups is 1. The third-order valence-corrected chi connectivity index (χ3v) is 5.11. The summed E-state index contributed by atoms with van der Waals surface area (Å²) in [6.07, 6.45) is 0.998. The van der Waals surface area contributed by atoms with Crippen molar-refractivity contribution in [3.05, 3.63) is 34.0 Å². The Morgan fingerprint density at radius 1 is 1.33 bits per heavy atom. The Morgan fingerprint density at radius 3 is 2.71 bits per heavy atom. The monoisotopic (exact) mass is 348 g/mol. The van der Waals surface area contributed by atoms with Crippen molar-refractivity contribution in [3.63, 3.8) is 0 Å². The number of nitrogens with one attached hydrogen (secondary N) is 2. The van der Waals surface area contributed by atoms with E-state index in [2.05, 4.69) is 64.1 Å². The third kappa shape index (κ3) is 5.33. The number of aryl methyl sites for hydroxylation is 1. The van der Waals surface area contributed by atoms with Crippen molar-refractivity contribution in [1.29, 1.82) is 0 Å². The topological polar surface area (TPSA) is 67.1 Å². The summed E-state index contributed by atoms with van der Waals surface area (Å²) in [4.78, 5) is 6.06. The van der Waals surface area contributed by atoms with Crippen molar-refractivity contribution < 1.29 is 0 Å². The van der Waals surface area contributed by atoms with Crippen LogP contribution in [-0.2, 0) is 20.0 Å². The lowest BCUT2D eigenvalue weighted by Crippen LogP contribution is -2.45. The van der Waals surface area contributed by atoms with Gasteiger partial charge in [-0.25, -0.2) is 4.99 Å².